The van der Waals surface area contributed by atoms with Crippen LogP contribution in [0, 0.1) is 0 Å². The van der Waals surface area contributed by atoms with Gasteiger partial charge in [-0.25, -0.2) is 0 Å². The molecular formula is C8H14O5Si. The van der Waals surface area contributed by atoms with Crippen molar-refractivity contribution < 1.29 is 23.5 Å². The van der Waals surface area contributed by atoms with Crippen molar-refractivity contribution in [3.05, 3.63) is 12.7 Å². The van der Waals surface area contributed by atoms with Crippen LogP contribution in [0.15, 0.2) is 12.7 Å². The first kappa shape index (κ1) is 12.9. The van der Waals surface area contributed by atoms with E-state index in [0.717, 1.165) is 0 Å². The van der Waals surface area contributed by atoms with Gasteiger partial charge in [0.2, 0.25) is 0 Å². The first-order valence-electron chi connectivity index (χ1n) is 3.97. The fourth-order valence-electron chi connectivity index (χ4n) is 0.910. The summed E-state index contributed by atoms with van der Waals surface area (Å²) in [6.07, 6.45) is 1.23. The molecule has 14 heavy (non-hydrogen) atoms. The van der Waals surface area contributed by atoms with Gasteiger partial charge in [-0.2, -0.15) is 0 Å². The van der Waals surface area contributed by atoms with E-state index in [2.05, 4.69) is 6.58 Å². The summed E-state index contributed by atoms with van der Waals surface area (Å²) < 4.78 is 14.6. The Hall–Kier alpha value is -1.14. The van der Waals surface area contributed by atoms with E-state index in [1.54, 1.807) is 0 Å². The molecule has 0 spiro atoms. The Labute approximate surface area is 85.6 Å². The van der Waals surface area contributed by atoms with Crippen LogP contribution in [0.4, 0.5) is 0 Å². The Balaban J connectivity index is 4.66. The number of hydrogen-bond acceptors (Lipinski definition) is 5. The molecule has 0 aliphatic rings. The number of carbonyl (C=O) groups excluding carboxylic acids is 2. The maximum Gasteiger partial charge on any atom is 0.306 e. The van der Waals surface area contributed by atoms with Crippen molar-refractivity contribution in [3.63, 3.8) is 0 Å². The molecule has 0 unspecified atom stereocenters. The lowest BCUT2D eigenvalue weighted by atomic mass is 10.3. The zero-order chi connectivity index (χ0) is 11.2. The highest BCUT2D eigenvalue weighted by atomic mass is 28.2. The molecule has 0 radical (unpaired) electrons. The van der Waals surface area contributed by atoms with Crippen LogP contribution in [0.5, 0.6) is 0 Å². The molecule has 0 amide bonds. The van der Waals surface area contributed by atoms with Crippen LogP contribution < -0.4 is 0 Å². The second-order valence-corrected chi connectivity index (χ2v) is 3.21. The summed E-state index contributed by atoms with van der Waals surface area (Å²) in [5, 5.41) is 0. The average Bonchev–Trinajstić information content (AvgIpc) is 2.02. The monoisotopic (exact) mass is 218 g/mol. The Morgan fingerprint density at radius 2 is 1.79 bits per heavy atom. The highest BCUT2D eigenvalue weighted by Gasteiger charge is 2.33. The molecule has 0 aromatic heterocycles. The molecule has 0 fully saturated rings. The zero-order valence-corrected chi connectivity index (χ0v) is 10.5. The standard InChI is InChI=1S/C8H14O5Si/c1-4-8(5-11-14,12-6(2)9)13-7(3)10/h4H,1,5H2,2-3,14H3. The van der Waals surface area contributed by atoms with Crippen LogP contribution in [0.2, 0.25) is 0 Å². The maximum atomic E-state index is 10.8. The van der Waals surface area contributed by atoms with E-state index in [0.29, 0.717) is 10.5 Å². The van der Waals surface area contributed by atoms with Crippen LogP contribution >= 0.6 is 0 Å². The smallest absolute Gasteiger partial charge is 0.306 e. The van der Waals surface area contributed by atoms with E-state index in [1.807, 2.05) is 0 Å². The molecule has 0 aliphatic heterocycles. The minimum atomic E-state index is -1.49. The quantitative estimate of drug-likeness (QED) is 0.264. The summed E-state index contributed by atoms with van der Waals surface area (Å²) in [4.78, 5) is 21.5. The molecule has 0 aliphatic carbocycles. The first-order valence-corrected chi connectivity index (χ1v) is 4.79. The van der Waals surface area contributed by atoms with E-state index in [4.69, 9.17) is 13.9 Å². The Kier molecular flexibility index (Phi) is 5.10. The number of rotatable bonds is 5. The van der Waals surface area contributed by atoms with Crippen molar-refractivity contribution >= 4 is 22.4 Å². The maximum absolute atomic E-state index is 10.8. The Bertz CT molecular complexity index is 222. The van der Waals surface area contributed by atoms with Gasteiger partial charge in [0.15, 0.2) is 0 Å². The predicted molar refractivity (Wildman–Crippen MR) is 52.4 cm³/mol. The molecule has 0 saturated carbocycles. The molecule has 0 bridgehead atoms. The SMILES string of the molecule is C=CC(CO[SiH3])(OC(C)=O)OC(C)=O. The van der Waals surface area contributed by atoms with Crippen molar-refractivity contribution in [2.45, 2.75) is 19.6 Å². The van der Waals surface area contributed by atoms with Crippen LogP contribution in [0.1, 0.15) is 13.8 Å². The van der Waals surface area contributed by atoms with E-state index in [1.165, 1.54) is 19.9 Å². The normalized spacial score (nSPS) is 10.7. The summed E-state index contributed by atoms with van der Waals surface area (Å²) in [5.41, 5.74) is 0. The number of carbonyl (C=O) groups is 2. The van der Waals surface area contributed by atoms with Gasteiger partial charge in [0, 0.05) is 13.8 Å². The lowest BCUT2D eigenvalue weighted by molar-refractivity contribution is -0.216. The second-order valence-electron chi connectivity index (χ2n) is 2.64. The third-order valence-electron chi connectivity index (χ3n) is 1.29. The van der Waals surface area contributed by atoms with Gasteiger partial charge in [-0.15, -0.1) is 0 Å². The van der Waals surface area contributed by atoms with Crippen molar-refractivity contribution in [3.8, 4) is 0 Å². The van der Waals surface area contributed by atoms with Crippen LogP contribution in [0.25, 0.3) is 0 Å². The molecule has 0 saturated heterocycles. The van der Waals surface area contributed by atoms with Crippen LogP contribution in [-0.2, 0) is 23.5 Å². The van der Waals surface area contributed by atoms with Gasteiger partial charge in [-0.3, -0.25) is 9.59 Å². The Morgan fingerprint density at radius 1 is 1.36 bits per heavy atom. The van der Waals surface area contributed by atoms with Crippen molar-refractivity contribution in [2.24, 2.45) is 0 Å². The summed E-state index contributed by atoms with van der Waals surface area (Å²) in [6, 6.07) is 0. The summed E-state index contributed by atoms with van der Waals surface area (Å²) in [7, 11) is 0.445. The topological polar surface area (TPSA) is 61.8 Å². The Morgan fingerprint density at radius 3 is 2.00 bits per heavy atom. The first-order chi connectivity index (χ1) is 6.45. The largest absolute Gasteiger partial charge is 0.420 e. The molecule has 6 heteroatoms. The molecule has 0 aromatic rings. The molecule has 80 valence electrons. The third kappa shape index (κ3) is 4.20. The molecule has 5 nitrogen and oxygen atoms in total. The van der Waals surface area contributed by atoms with Gasteiger partial charge in [0.05, 0.1) is 0 Å². The van der Waals surface area contributed by atoms with Gasteiger partial charge in [-0.1, -0.05) is 6.58 Å². The molecule has 0 atom stereocenters. The molecule has 0 rings (SSSR count). The minimum absolute atomic E-state index is 0.0259. The van der Waals surface area contributed by atoms with Gasteiger partial charge in [-0.05, 0) is 6.08 Å². The molecule has 0 aromatic carbocycles. The third-order valence-corrected chi connectivity index (χ3v) is 1.58. The number of esters is 2. The van der Waals surface area contributed by atoms with E-state index >= 15 is 0 Å². The van der Waals surface area contributed by atoms with Crippen LogP contribution in [-0.4, -0.2) is 34.8 Å². The van der Waals surface area contributed by atoms with Gasteiger partial charge < -0.3 is 13.9 Å². The summed E-state index contributed by atoms with van der Waals surface area (Å²) in [5.74, 6) is -2.62. The molecule has 0 N–H and O–H groups in total. The summed E-state index contributed by atoms with van der Waals surface area (Å²) in [6.45, 7) is 5.85. The van der Waals surface area contributed by atoms with Gasteiger partial charge in [0.25, 0.3) is 5.79 Å². The number of hydrogen-bond donors (Lipinski definition) is 0. The van der Waals surface area contributed by atoms with E-state index in [9.17, 15) is 9.59 Å². The van der Waals surface area contributed by atoms with Crippen molar-refractivity contribution in [2.75, 3.05) is 6.61 Å². The summed E-state index contributed by atoms with van der Waals surface area (Å²) >= 11 is 0. The van der Waals surface area contributed by atoms with Crippen molar-refractivity contribution in [1.82, 2.24) is 0 Å². The van der Waals surface area contributed by atoms with Crippen LogP contribution in [0.3, 0.4) is 0 Å². The highest BCUT2D eigenvalue weighted by Crippen LogP contribution is 2.15. The second kappa shape index (κ2) is 5.56. The van der Waals surface area contributed by atoms with Crippen molar-refractivity contribution in [1.29, 1.82) is 0 Å². The molecule has 0 heterocycles. The predicted octanol–water partition coefficient (Wildman–Crippen LogP) is -0.708. The lowest BCUT2D eigenvalue weighted by Gasteiger charge is -2.28. The van der Waals surface area contributed by atoms with Gasteiger partial charge in [0.1, 0.15) is 17.1 Å². The lowest BCUT2D eigenvalue weighted by Crippen LogP contribution is -2.41. The average molecular weight is 218 g/mol. The van der Waals surface area contributed by atoms with E-state index in [-0.39, 0.29) is 6.61 Å². The highest BCUT2D eigenvalue weighted by molar-refractivity contribution is 5.98. The van der Waals surface area contributed by atoms with Gasteiger partial charge >= 0.3 is 11.9 Å². The minimum Gasteiger partial charge on any atom is -0.420 e. The molecular weight excluding hydrogens is 204 g/mol. The van der Waals surface area contributed by atoms with E-state index < -0.39 is 17.7 Å². The fraction of sp³-hybridized carbons (Fsp3) is 0.500. The number of ether oxygens (including phenoxy) is 2. The zero-order valence-electron chi connectivity index (χ0n) is 8.53. The fourth-order valence-corrected chi connectivity index (χ4v) is 1.31.